The van der Waals surface area contributed by atoms with Crippen molar-refractivity contribution >= 4 is 18.3 Å². The van der Waals surface area contributed by atoms with Gasteiger partial charge in [0.2, 0.25) is 5.91 Å². The molecule has 1 amide bonds. The quantitative estimate of drug-likeness (QED) is 0.804. The van der Waals surface area contributed by atoms with Crippen molar-refractivity contribution in [2.24, 2.45) is 11.7 Å². The number of hydrogen-bond donors (Lipinski definition) is 2. The van der Waals surface area contributed by atoms with Gasteiger partial charge in [-0.25, -0.2) is 0 Å². The molecule has 2 unspecified atom stereocenters. The van der Waals surface area contributed by atoms with Crippen LogP contribution in [-0.4, -0.2) is 11.4 Å². The van der Waals surface area contributed by atoms with Crippen LogP contribution in [0.3, 0.4) is 0 Å². The topological polar surface area (TPSA) is 55.1 Å². The lowest BCUT2D eigenvalue weighted by Gasteiger charge is -2.34. The van der Waals surface area contributed by atoms with Crippen molar-refractivity contribution in [1.82, 2.24) is 5.32 Å². The van der Waals surface area contributed by atoms with Crippen molar-refractivity contribution in [3.05, 3.63) is 35.9 Å². The van der Waals surface area contributed by atoms with E-state index in [2.05, 4.69) is 26.1 Å². The molecule has 1 aromatic rings. The van der Waals surface area contributed by atoms with Crippen molar-refractivity contribution in [3.8, 4) is 0 Å². The fraction of sp³-hybridized carbons (Fsp3) is 0.588. The minimum Gasteiger partial charge on any atom is -0.350 e. The van der Waals surface area contributed by atoms with Crippen molar-refractivity contribution in [1.29, 1.82) is 0 Å². The molecule has 0 aromatic heterocycles. The standard InChI is InChI=1S/C17H28N2O.ClH/c1-5-17(6-2,7-3)19-16(20)13(4)15(18)14-11-9-8-10-12-14;/h8-13,15H,5-7,18H2,1-4H3,(H,19,20);1H. The summed E-state index contributed by atoms with van der Waals surface area (Å²) in [6, 6.07) is 9.54. The number of amides is 1. The molecule has 1 aromatic carbocycles. The molecule has 0 aliphatic rings. The lowest BCUT2D eigenvalue weighted by molar-refractivity contribution is -0.127. The maximum atomic E-state index is 12.5. The number of nitrogens with two attached hydrogens (primary N) is 1. The highest BCUT2D eigenvalue weighted by Gasteiger charge is 2.30. The molecule has 3 nitrogen and oxygen atoms in total. The Hall–Kier alpha value is -1.06. The molecule has 0 bridgehead atoms. The van der Waals surface area contributed by atoms with Gasteiger partial charge in [-0.15, -0.1) is 12.4 Å². The van der Waals surface area contributed by atoms with Gasteiger partial charge in [-0.05, 0) is 24.8 Å². The first-order valence-corrected chi connectivity index (χ1v) is 7.62. The molecule has 0 saturated carbocycles. The van der Waals surface area contributed by atoms with Crippen LogP contribution >= 0.6 is 12.4 Å². The lowest BCUT2D eigenvalue weighted by Crippen LogP contribution is -2.50. The molecule has 4 heteroatoms. The molecule has 0 aliphatic carbocycles. The van der Waals surface area contributed by atoms with Crippen LogP contribution in [-0.2, 0) is 4.79 Å². The summed E-state index contributed by atoms with van der Waals surface area (Å²) in [4.78, 5) is 12.5. The van der Waals surface area contributed by atoms with Gasteiger partial charge in [0.05, 0.1) is 5.92 Å². The van der Waals surface area contributed by atoms with Gasteiger partial charge in [-0.1, -0.05) is 58.0 Å². The van der Waals surface area contributed by atoms with Gasteiger partial charge in [-0.3, -0.25) is 4.79 Å². The first-order valence-electron chi connectivity index (χ1n) is 7.62. The molecule has 0 heterocycles. The van der Waals surface area contributed by atoms with Gasteiger partial charge >= 0.3 is 0 Å². The Morgan fingerprint density at radius 1 is 1.14 bits per heavy atom. The van der Waals surface area contributed by atoms with E-state index in [1.54, 1.807) is 0 Å². The number of benzene rings is 1. The zero-order valence-electron chi connectivity index (χ0n) is 13.6. The minimum absolute atomic E-state index is 0. The van der Waals surface area contributed by atoms with E-state index in [9.17, 15) is 4.79 Å². The van der Waals surface area contributed by atoms with E-state index >= 15 is 0 Å². The average Bonchev–Trinajstić information content (AvgIpc) is 2.52. The average molecular weight is 313 g/mol. The fourth-order valence-electron chi connectivity index (χ4n) is 2.52. The fourth-order valence-corrected chi connectivity index (χ4v) is 2.52. The predicted octanol–water partition coefficient (Wildman–Crippen LogP) is 3.83. The van der Waals surface area contributed by atoms with Gasteiger partial charge in [0.25, 0.3) is 0 Å². The first-order chi connectivity index (χ1) is 9.49. The number of carbonyl (C=O) groups excluding carboxylic acids is 1. The van der Waals surface area contributed by atoms with Crippen LogP contribution in [0, 0.1) is 5.92 Å². The third-order valence-corrected chi connectivity index (χ3v) is 4.56. The second kappa shape index (κ2) is 9.06. The zero-order valence-corrected chi connectivity index (χ0v) is 14.4. The highest BCUT2D eigenvalue weighted by molar-refractivity contribution is 5.85. The summed E-state index contributed by atoms with van der Waals surface area (Å²) in [7, 11) is 0. The molecule has 3 N–H and O–H groups in total. The monoisotopic (exact) mass is 312 g/mol. The van der Waals surface area contributed by atoms with Crippen molar-refractivity contribution in [2.75, 3.05) is 0 Å². The molecule has 0 aliphatic heterocycles. The van der Waals surface area contributed by atoms with Gasteiger partial charge < -0.3 is 11.1 Å². The summed E-state index contributed by atoms with van der Waals surface area (Å²) >= 11 is 0. The number of nitrogens with one attached hydrogen (secondary N) is 1. The van der Waals surface area contributed by atoms with Crippen LogP contribution in [0.4, 0.5) is 0 Å². The Balaban J connectivity index is 0.00000400. The maximum Gasteiger partial charge on any atom is 0.225 e. The number of carbonyl (C=O) groups is 1. The van der Waals surface area contributed by atoms with E-state index < -0.39 is 0 Å². The molecule has 2 atom stereocenters. The van der Waals surface area contributed by atoms with Crippen LogP contribution in [0.5, 0.6) is 0 Å². The molecule has 120 valence electrons. The molecule has 0 fully saturated rings. The molecular weight excluding hydrogens is 284 g/mol. The highest BCUT2D eigenvalue weighted by Crippen LogP contribution is 2.23. The zero-order chi connectivity index (χ0) is 15.2. The van der Waals surface area contributed by atoms with Crippen molar-refractivity contribution in [2.45, 2.75) is 58.5 Å². The van der Waals surface area contributed by atoms with Gasteiger partial charge in [0.15, 0.2) is 0 Å². The van der Waals surface area contributed by atoms with E-state index in [0.717, 1.165) is 24.8 Å². The van der Waals surface area contributed by atoms with Crippen LogP contribution in [0.1, 0.15) is 58.6 Å². The number of rotatable bonds is 7. The van der Waals surface area contributed by atoms with E-state index in [0.29, 0.717) is 0 Å². The van der Waals surface area contributed by atoms with Crippen molar-refractivity contribution < 1.29 is 4.79 Å². The molecular formula is C17H29ClN2O. The second-order valence-corrected chi connectivity index (χ2v) is 5.56. The summed E-state index contributed by atoms with van der Waals surface area (Å²) in [5.74, 6) is -0.187. The van der Waals surface area contributed by atoms with E-state index in [-0.39, 0.29) is 35.8 Å². The van der Waals surface area contributed by atoms with Gasteiger partial charge in [0.1, 0.15) is 0 Å². The van der Waals surface area contributed by atoms with Crippen LogP contribution in [0.25, 0.3) is 0 Å². The summed E-state index contributed by atoms with van der Waals surface area (Å²) in [6.07, 6.45) is 2.83. The Morgan fingerprint density at radius 3 is 2.05 bits per heavy atom. The third kappa shape index (κ3) is 5.01. The molecule has 0 saturated heterocycles. The summed E-state index contributed by atoms with van der Waals surface area (Å²) in [5.41, 5.74) is 7.13. The Kier molecular flexibility index (Phi) is 8.60. The SMILES string of the molecule is CCC(CC)(CC)NC(=O)C(C)C(N)c1ccccc1.Cl. The smallest absolute Gasteiger partial charge is 0.225 e. The first kappa shape index (κ1) is 19.9. The molecule has 0 radical (unpaired) electrons. The van der Waals surface area contributed by atoms with Crippen LogP contribution < -0.4 is 11.1 Å². The summed E-state index contributed by atoms with van der Waals surface area (Å²) < 4.78 is 0. The minimum atomic E-state index is -0.264. The summed E-state index contributed by atoms with van der Waals surface area (Å²) in [5, 5.41) is 3.21. The number of hydrogen-bond acceptors (Lipinski definition) is 2. The third-order valence-electron chi connectivity index (χ3n) is 4.56. The summed E-state index contributed by atoms with van der Waals surface area (Å²) in [6.45, 7) is 8.26. The lowest BCUT2D eigenvalue weighted by atomic mass is 9.87. The molecule has 21 heavy (non-hydrogen) atoms. The van der Waals surface area contributed by atoms with E-state index in [1.807, 2.05) is 37.3 Å². The second-order valence-electron chi connectivity index (χ2n) is 5.56. The van der Waals surface area contributed by atoms with Crippen LogP contribution in [0.2, 0.25) is 0 Å². The van der Waals surface area contributed by atoms with Crippen molar-refractivity contribution in [3.63, 3.8) is 0 Å². The Bertz CT molecular complexity index is 410. The normalized spacial score (nSPS) is 14.0. The van der Waals surface area contributed by atoms with Gasteiger partial charge in [0, 0.05) is 11.6 Å². The Morgan fingerprint density at radius 2 is 1.62 bits per heavy atom. The Labute approximate surface area is 135 Å². The predicted molar refractivity (Wildman–Crippen MR) is 91.5 cm³/mol. The van der Waals surface area contributed by atoms with Gasteiger partial charge in [-0.2, -0.15) is 0 Å². The largest absolute Gasteiger partial charge is 0.350 e. The molecule has 1 rings (SSSR count). The van der Waals surface area contributed by atoms with E-state index in [4.69, 9.17) is 5.73 Å². The van der Waals surface area contributed by atoms with Crippen LogP contribution in [0.15, 0.2) is 30.3 Å². The molecule has 0 spiro atoms. The van der Waals surface area contributed by atoms with E-state index in [1.165, 1.54) is 0 Å². The number of halogens is 1. The maximum absolute atomic E-state index is 12.5. The highest BCUT2D eigenvalue weighted by atomic mass is 35.5.